The van der Waals surface area contributed by atoms with Crippen molar-refractivity contribution in [2.45, 2.75) is 76.8 Å². The highest BCUT2D eigenvalue weighted by atomic mass is 16.5. The first-order valence-corrected chi connectivity index (χ1v) is 12.7. The van der Waals surface area contributed by atoms with Crippen LogP contribution in [0.2, 0.25) is 0 Å². The zero-order valence-corrected chi connectivity index (χ0v) is 19.2. The highest BCUT2D eigenvalue weighted by molar-refractivity contribution is 6.00. The largest absolute Gasteiger partial charge is 0.381 e. The van der Waals surface area contributed by atoms with Gasteiger partial charge in [-0.25, -0.2) is 0 Å². The second-order valence-corrected chi connectivity index (χ2v) is 10.2. The Morgan fingerprint density at radius 3 is 2.35 bits per heavy atom. The van der Waals surface area contributed by atoms with E-state index in [1.165, 1.54) is 50.8 Å². The number of amides is 1. The second-order valence-electron chi connectivity index (χ2n) is 10.2. The molecule has 0 bridgehead atoms. The number of rotatable bonds is 5. The number of nitrogens with zero attached hydrogens (tertiary/aromatic N) is 3. The van der Waals surface area contributed by atoms with Crippen LogP contribution in [0, 0.1) is 5.41 Å². The topological polar surface area (TPSA) is 36.0 Å². The second kappa shape index (κ2) is 9.11. The number of benzene rings is 1. The van der Waals surface area contributed by atoms with Crippen molar-refractivity contribution in [2.24, 2.45) is 5.41 Å². The number of piperidine rings is 1. The minimum absolute atomic E-state index is 0.163. The Labute approximate surface area is 187 Å². The molecule has 1 unspecified atom stereocenters. The van der Waals surface area contributed by atoms with Crippen LogP contribution in [0.25, 0.3) is 0 Å². The van der Waals surface area contributed by atoms with E-state index in [1.54, 1.807) is 0 Å². The van der Waals surface area contributed by atoms with Crippen LogP contribution >= 0.6 is 0 Å². The van der Waals surface area contributed by atoms with Gasteiger partial charge >= 0.3 is 0 Å². The minimum Gasteiger partial charge on any atom is -0.381 e. The molecule has 0 saturated carbocycles. The third kappa shape index (κ3) is 4.11. The van der Waals surface area contributed by atoms with Gasteiger partial charge in [-0.05, 0) is 82.2 Å². The van der Waals surface area contributed by atoms with Crippen molar-refractivity contribution in [2.75, 3.05) is 49.2 Å². The predicted octanol–water partition coefficient (Wildman–Crippen LogP) is 4.45. The van der Waals surface area contributed by atoms with Crippen molar-refractivity contribution in [3.05, 3.63) is 24.3 Å². The van der Waals surface area contributed by atoms with Crippen LogP contribution in [0.3, 0.4) is 0 Å². The number of likely N-dealkylation sites (tertiary alicyclic amines) is 1. The molecule has 4 saturated heterocycles. The zero-order chi connectivity index (χ0) is 21.3. The number of hydrogen-bond acceptors (Lipinski definition) is 4. The maximum absolute atomic E-state index is 13.2. The molecule has 0 aromatic heterocycles. The summed E-state index contributed by atoms with van der Waals surface area (Å²) in [6.45, 7) is 8.22. The molecule has 4 aliphatic heterocycles. The first kappa shape index (κ1) is 21.3. The van der Waals surface area contributed by atoms with Gasteiger partial charge in [-0.1, -0.05) is 13.3 Å². The van der Waals surface area contributed by atoms with Gasteiger partial charge in [0.1, 0.15) is 0 Å². The van der Waals surface area contributed by atoms with Gasteiger partial charge in [0.05, 0.1) is 5.41 Å². The van der Waals surface area contributed by atoms with Gasteiger partial charge in [-0.15, -0.1) is 0 Å². The summed E-state index contributed by atoms with van der Waals surface area (Å²) < 4.78 is 5.51. The maximum atomic E-state index is 13.2. The first-order chi connectivity index (χ1) is 15.2. The molecule has 4 fully saturated rings. The molecule has 1 spiro atoms. The molecule has 1 amide bonds. The molecule has 1 aromatic rings. The standard InChI is InChI=1S/C26H39N3O2/c1-2-4-22-5-3-15-28(22)24-10-16-27(17-11-24)21-6-8-23(9-7-21)29-18-12-26(25(29)30)13-19-31-20-14-26/h6-9,22,24H,2-5,10-20H2,1H3. The third-order valence-corrected chi connectivity index (χ3v) is 8.47. The Morgan fingerprint density at radius 1 is 0.935 bits per heavy atom. The SMILES string of the molecule is CCCC1CCCN1C1CCN(c2ccc(N3CCC4(CCOCC4)C3=O)cc2)CC1. The third-order valence-electron chi connectivity index (χ3n) is 8.47. The molecule has 31 heavy (non-hydrogen) atoms. The van der Waals surface area contributed by atoms with E-state index >= 15 is 0 Å². The summed E-state index contributed by atoms with van der Waals surface area (Å²) in [5, 5.41) is 0. The van der Waals surface area contributed by atoms with Gasteiger partial charge in [0.2, 0.25) is 5.91 Å². The molecule has 1 atom stereocenters. The Hall–Kier alpha value is -1.59. The Morgan fingerprint density at radius 2 is 1.65 bits per heavy atom. The summed E-state index contributed by atoms with van der Waals surface area (Å²) in [5.41, 5.74) is 2.21. The van der Waals surface area contributed by atoms with E-state index in [-0.39, 0.29) is 5.41 Å². The molecule has 0 aliphatic carbocycles. The molecular formula is C26H39N3O2. The molecule has 1 aromatic carbocycles. The van der Waals surface area contributed by atoms with E-state index in [4.69, 9.17) is 4.74 Å². The first-order valence-electron chi connectivity index (χ1n) is 12.7. The Kier molecular flexibility index (Phi) is 6.25. The summed E-state index contributed by atoms with van der Waals surface area (Å²) in [6, 6.07) is 10.4. The van der Waals surface area contributed by atoms with Crippen molar-refractivity contribution in [3.63, 3.8) is 0 Å². The van der Waals surface area contributed by atoms with Crippen LogP contribution in [0.1, 0.15) is 64.7 Å². The van der Waals surface area contributed by atoms with Crippen LogP contribution in [0.15, 0.2) is 24.3 Å². The van der Waals surface area contributed by atoms with E-state index in [0.717, 1.165) is 69.9 Å². The Bertz CT molecular complexity index is 750. The molecule has 4 heterocycles. The highest BCUT2D eigenvalue weighted by Crippen LogP contribution is 2.42. The van der Waals surface area contributed by atoms with E-state index in [9.17, 15) is 4.79 Å². The molecular weight excluding hydrogens is 386 g/mol. The normalized spacial score (nSPS) is 27.5. The number of carbonyl (C=O) groups is 1. The highest BCUT2D eigenvalue weighted by Gasteiger charge is 2.47. The average Bonchev–Trinajstić information content (AvgIpc) is 3.40. The van der Waals surface area contributed by atoms with Crippen molar-refractivity contribution in [3.8, 4) is 0 Å². The lowest BCUT2D eigenvalue weighted by Gasteiger charge is -2.40. The Balaban J connectivity index is 1.18. The average molecular weight is 426 g/mol. The number of hydrogen-bond donors (Lipinski definition) is 0. The summed E-state index contributed by atoms with van der Waals surface area (Å²) in [6.07, 6.45) is 10.7. The molecule has 5 nitrogen and oxygen atoms in total. The van der Waals surface area contributed by atoms with Crippen molar-refractivity contribution in [1.82, 2.24) is 4.90 Å². The molecule has 5 rings (SSSR count). The van der Waals surface area contributed by atoms with E-state index in [2.05, 4.69) is 41.0 Å². The van der Waals surface area contributed by atoms with Gasteiger partial charge < -0.3 is 14.5 Å². The van der Waals surface area contributed by atoms with Crippen LogP contribution in [-0.4, -0.2) is 62.3 Å². The summed E-state index contributed by atoms with van der Waals surface area (Å²) in [4.78, 5) is 20.5. The van der Waals surface area contributed by atoms with Gasteiger partial charge in [0.15, 0.2) is 0 Å². The number of ether oxygens (including phenoxy) is 1. The van der Waals surface area contributed by atoms with Gasteiger partial charge in [0, 0.05) is 56.3 Å². The molecule has 5 heteroatoms. The lowest BCUT2D eigenvalue weighted by atomic mass is 9.79. The van der Waals surface area contributed by atoms with Crippen LogP contribution < -0.4 is 9.80 Å². The van der Waals surface area contributed by atoms with Crippen LogP contribution in [-0.2, 0) is 9.53 Å². The summed E-state index contributed by atoms with van der Waals surface area (Å²) in [7, 11) is 0. The van der Waals surface area contributed by atoms with E-state index in [1.807, 2.05) is 4.90 Å². The van der Waals surface area contributed by atoms with E-state index < -0.39 is 0 Å². The van der Waals surface area contributed by atoms with Gasteiger partial charge in [-0.2, -0.15) is 0 Å². The van der Waals surface area contributed by atoms with Gasteiger partial charge in [0.25, 0.3) is 0 Å². The van der Waals surface area contributed by atoms with Crippen molar-refractivity contribution < 1.29 is 9.53 Å². The molecule has 4 aliphatic rings. The monoisotopic (exact) mass is 425 g/mol. The number of anilines is 2. The maximum Gasteiger partial charge on any atom is 0.233 e. The predicted molar refractivity (Wildman–Crippen MR) is 126 cm³/mol. The van der Waals surface area contributed by atoms with Crippen LogP contribution in [0.4, 0.5) is 11.4 Å². The molecule has 0 radical (unpaired) electrons. The number of carbonyl (C=O) groups excluding carboxylic acids is 1. The summed E-state index contributed by atoms with van der Waals surface area (Å²) in [5.74, 6) is 0.316. The molecule has 170 valence electrons. The lowest BCUT2D eigenvalue weighted by molar-refractivity contribution is -0.130. The quantitative estimate of drug-likeness (QED) is 0.698. The molecule has 0 N–H and O–H groups in total. The van der Waals surface area contributed by atoms with Gasteiger partial charge in [-0.3, -0.25) is 9.69 Å². The van der Waals surface area contributed by atoms with Crippen LogP contribution in [0.5, 0.6) is 0 Å². The zero-order valence-electron chi connectivity index (χ0n) is 19.2. The lowest BCUT2D eigenvalue weighted by Crippen LogP contribution is -2.46. The van der Waals surface area contributed by atoms with Crippen molar-refractivity contribution >= 4 is 17.3 Å². The van der Waals surface area contributed by atoms with Crippen molar-refractivity contribution in [1.29, 1.82) is 0 Å². The minimum atomic E-state index is -0.163. The van der Waals surface area contributed by atoms with E-state index in [0.29, 0.717) is 5.91 Å². The fourth-order valence-electron chi connectivity index (χ4n) is 6.57. The summed E-state index contributed by atoms with van der Waals surface area (Å²) >= 11 is 0. The fraction of sp³-hybridized carbons (Fsp3) is 0.731. The fourth-order valence-corrected chi connectivity index (χ4v) is 6.57. The smallest absolute Gasteiger partial charge is 0.233 e.